The summed E-state index contributed by atoms with van der Waals surface area (Å²) >= 11 is 0. The molecule has 0 fully saturated rings. The number of benzene rings is 2. The van der Waals surface area contributed by atoms with Crippen molar-refractivity contribution in [2.45, 2.75) is 13.0 Å². The highest BCUT2D eigenvalue weighted by molar-refractivity contribution is 5.97. The highest BCUT2D eigenvalue weighted by Gasteiger charge is 2.14. The van der Waals surface area contributed by atoms with E-state index >= 15 is 0 Å². The number of Topliss-reactive ketones (excluding diaryl/α,β-unsaturated/α-hetero) is 1. The summed E-state index contributed by atoms with van der Waals surface area (Å²) < 4.78 is 54.9. The third kappa shape index (κ3) is 3.81. The molecule has 0 atom stereocenters. The second-order valence-corrected chi connectivity index (χ2v) is 4.22. The van der Waals surface area contributed by atoms with Gasteiger partial charge in [-0.2, -0.15) is 8.78 Å². The first-order valence-corrected chi connectivity index (χ1v) is 5.98. The van der Waals surface area contributed by atoms with Crippen LogP contribution in [0.1, 0.15) is 15.9 Å². The summed E-state index contributed by atoms with van der Waals surface area (Å²) in [7, 11) is 0. The van der Waals surface area contributed by atoms with Crippen molar-refractivity contribution in [2.24, 2.45) is 0 Å². The molecule has 0 aliphatic carbocycles. The molecule has 0 radical (unpaired) electrons. The number of carbonyl (C=O) groups excluding carboxylic acids is 1. The van der Waals surface area contributed by atoms with Gasteiger partial charge in [0.2, 0.25) is 0 Å². The van der Waals surface area contributed by atoms with Crippen molar-refractivity contribution in [3.05, 3.63) is 65.2 Å². The maximum Gasteiger partial charge on any atom is 0.387 e. The Morgan fingerprint density at radius 1 is 1.10 bits per heavy atom. The van der Waals surface area contributed by atoms with Gasteiger partial charge in [-0.25, -0.2) is 8.78 Å². The molecule has 0 amide bonds. The fourth-order valence-electron chi connectivity index (χ4n) is 1.81. The lowest BCUT2D eigenvalue weighted by molar-refractivity contribution is -0.0498. The SMILES string of the molecule is O=C(Cc1cccc(F)c1F)c1cccc(OC(F)F)c1. The van der Waals surface area contributed by atoms with Gasteiger partial charge < -0.3 is 4.74 Å². The topological polar surface area (TPSA) is 26.3 Å². The first-order valence-electron chi connectivity index (χ1n) is 5.98. The lowest BCUT2D eigenvalue weighted by Gasteiger charge is -2.07. The molecular weight excluding hydrogens is 288 g/mol. The zero-order chi connectivity index (χ0) is 15.4. The van der Waals surface area contributed by atoms with E-state index in [4.69, 9.17) is 0 Å². The Morgan fingerprint density at radius 2 is 1.81 bits per heavy atom. The molecule has 110 valence electrons. The lowest BCUT2D eigenvalue weighted by atomic mass is 10.0. The minimum Gasteiger partial charge on any atom is -0.435 e. The Kier molecular flexibility index (Phi) is 4.57. The van der Waals surface area contributed by atoms with Crippen LogP contribution in [0.4, 0.5) is 17.6 Å². The quantitative estimate of drug-likeness (QED) is 0.616. The van der Waals surface area contributed by atoms with Crippen molar-refractivity contribution >= 4 is 5.78 Å². The van der Waals surface area contributed by atoms with Crippen LogP contribution in [-0.4, -0.2) is 12.4 Å². The summed E-state index contributed by atoms with van der Waals surface area (Å²) in [6, 6.07) is 8.68. The zero-order valence-corrected chi connectivity index (χ0v) is 10.7. The molecule has 2 aromatic carbocycles. The fraction of sp³-hybridized carbons (Fsp3) is 0.133. The highest BCUT2D eigenvalue weighted by atomic mass is 19.3. The molecule has 0 N–H and O–H groups in total. The third-order valence-electron chi connectivity index (χ3n) is 2.76. The van der Waals surface area contributed by atoms with Crippen LogP contribution in [0.3, 0.4) is 0 Å². The van der Waals surface area contributed by atoms with E-state index < -0.39 is 24.0 Å². The Balaban J connectivity index is 2.18. The van der Waals surface area contributed by atoms with Gasteiger partial charge in [-0.05, 0) is 23.8 Å². The number of rotatable bonds is 5. The molecule has 0 aliphatic rings. The van der Waals surface area contributed by atoms with E-state index in [9.17, 15) is 22.4 Å². The number of hydrogen-bond donors (Lipinski definition) is 0. The van der Waals surface area contributed by atoms with Gasteiger partial charge in [0, 0.05) is 12.0 Å². The number of alkyl halides is 2. The van der Waals surface area contributed by atoms with Crippen LogP contribution in [0.15, 0.2) is 42.5 Å². The number of ether oxygens (including phenoxy) is 1. The summed E-state index contributed by atoms with van der Waals surface area (Å²) in [6.45, 7) is -3.00. The standard InChI is InChI=1S/C15H10F4O2/c16-12-6-2-4-10(14(12)17)8-13(20)9-3-1-5-11(7-9)21-15(18)19/h1-7,15H,8H2. The largest absolute Gasteiger partial charge is 0.435 e. The molecule has 0 aliphatic heterocycles. The summed E-state index contributed by atoms with van der Waals surface area (Å²) in [6.07, 6.45) is -0.373. The summed E-state index contributed by atoms with van der Waals surface area (Å²) in [4.78, 5) is 12.0. The first-order chi connectivity index (χ1) is 9.97. The average Bonchev–Trinajstić information content (AvgIpc) is 2.43. The second-order valence-electron chi connectivity index (χ2n) is 4.22. The maximum absolute atomic E-state index is 13.5. The Labute approximate surface area is 118 Å². The summed E-state index contributed by atoms with van der Waals surface area (Å²) in [5, 5.41) is 0. The van der Waals surface area contributed by atoms with Gasteiger partial charge >= 0.3 is 6.61 Å². The van der Waals surface area contributed by atoms with Crippen molar-refractivity contribution in [2.75, 3.05) is 0 Å². The molecule has 2 nitrogen and oxygen atoms in total. The molecule has 21 heavy (non-hydrogen) atoms. The van der Waals surface area contributed by atoms with Crippen molar-refractivity contribution < 1.29 is 27.1 Å². The molecule has 0 saturated heterocycles. The van der Waals surface area contributed by atoms with Gasteiger partial charge in [0.25, 0.3) is 0 Å². The van der Waals surface area contributed by atoms with Crippen molar-refractivity contribution in [1.82, 2.24) is 0 Å². The average molecular weight is 298 g/mol. The molecule has 0 bridgehead atoms. The predicted molar refractivity (Wildman–Crippen MR) is 67.5 cm³/mol. The van der Waals surface area contributed by atoms with Crippen LogP contribution in [0.5, 0.6) is 5.75 Å². The summed E-state index contributed by atoms with van der Waals surface area (Å²) in [5.74, 6) is -2.84. The van der Waals surface area contributed by atoms with Gasteiger partial charge in [0.05, 0.1) is 0 Å². The third-order valence-corrected chi connectivity index (χ3v) is 2.76. The molecule has 2 rings (SSSR count). The number of hydrogen-bond acceptors (Lipinski definition) is 2. The van der Waals surface area contributed by atoms with Crippen LogP contribution in [-0.2, 0) is 6.42 Å². The fourth-order valence-corrected chi connectivity index (χ4v) is 1.81. The van der Waals surface area contributed by atoms with E-state index in [1.165, 1.54) is 30.3 Å². The normalized spacial score (nSPS) is 10.7. The van der Waals surface area contributed by atoms with Gasteiger partial charge in [0.15, 0.2) is 17.4 Å². The van der Waals surface area contributed by atoms with Gasteiger partial charge in [-0.1, -0.05) is 24.3 Å². The molecule has 0 aromatic heterocycles. The second kappa shape index (κ2) is 6.39. The van der Waals surface area contributed by atoms with Crippen LogP contribution >= 0.6 is 0 Å². The Hall–Kier alpha value is -2.37. The monoisotopic (exact) mass is 298 g/mol. The molecular formula is C15H10F4O2. The van der Waals surface area contributed by atoms with E-state index in [2.05, 4.69) is 4.74 Å². The molecule has 0 spiro atoms. The van der Waals surface area contributed by atoms with Crippen molar-refractivity contribution in [3.8, 4) is 5.75 Å². The van der Waals surface area contributed by atoms with E-state index in [1.807, 2.05) is 0 Å². The van der Waals surface area contributed by atoms with Crippen LogP contribution in [0, 0.1) is 11.6 Å². The number of halogens is 4. The van der Waals surface area contributed by atoms with Crippen molar-refractivity contribution in [3.63, 3.8) is 0 Å². The Bertz CT molecular complexity index is 656. The number of carbonyl (C=O) groups is 1. The maximum atomic E-state index is 13.5. The molecule has 0 heterocycles. The highest BCUT2D eigenvalue weighted by Crippen LogP contribution is 2.19. The van der Waals surface area contributed by atoms with E-state index in [0.29, 0.717) is 0 Å². The number of ketones is 1. The van der Waals surface area contributed by atoms with Gasteiger partial charge in [0.1, 0.15) is 5.75 Å². The smallest absolute Gasteiger partial charge is 0.387 e. The predicted octanol–water partition coefficient (Wildman–Crippen LogP) is 3.99. The van der Waals surface area contributed by atoms with Crippen LogP contribution < -0.4 is 4.74 Å². The van der Waals surface area contributed by atoms with Crippen LogP contribution in [0.2, 0.25) is 0 Å². The van der Waals surface area contributed by atoms with E-state index in [0.717, 1.165) is 12.1 Å². The molecule has 2 aromatic rings. The van der Waals surface area contributed by atoms with E-state index in [1.54, 1.807) is 0 Å². The first kappa shape index (κ1) is 15.0. The summed E-state index contributed by atoms with van der Waals surface area (Å²) in [5.41, 5.74) is -0.0167. The minimum atomic E-state index is -3.00. The molecule has 0 saturated carbocycles. The lowest BCUT2D eigenvalue weighted by Crippen LogP contribution is -2.07. The molecule has 6 heteroatoms. The van der Waals surface area contributed by atoms with Gasteiger partial charge in [-0.15, -0.1) is 0 Å². The minimum absolute atomic E-state index is 0.0804. The van der Waals surface area contributed by atoms with Gasteiger partial charge in [-0.3, -0.25) is 4.79 Å². The molecule has 0 unspecified atom stereocenters. The Morgan fingerprint density at radius 3 is 2.52 bits per heavy atom. The van der Waals surface area contributed by atoms with Crippen LogP contribution in [0.25, 0.3) is 0 Å². The van der Waals surface area contributed by atoms with Crippen molar-refractivity contribution in [1.29, 1.82) is 0 Å². The van der Waals surface area contributed by atoms with E-state index in [-0.39, 0.29) is 23.3 Å². The zero-order valence-electron chi connectivity index (χ0n) is 10.7.